The van der Waals surface area contributed by atoms with E-state index in [1.54, 1.807) is 0 Å². The average molecular weight is 254 g/mol. The minimum absolute atomic E-state index is 0.383. The highest BCUT2D eigenvalue weighted by Gasteiger charge is 2.35. The Morgan fingerprint density at radius 3 is 2.33 bits per heavy atom. The summed E-state index contributed by atoms with van der Waals surface area (Å²) >= 11 is 0. The van der Waals surface area contributed by atoms with Crippen molar-refractivity contribution in [1.82, 2.24) is 0 Å². The molecular weight excluding hydrogens is 232 g/mol. The number of carbonyl (C=O) groups is 2. The number of aliphatic carboxylic acids is 1. The third-order valence-electron chi connectivity index (χ3n) is 3.22. The van der Waals surface area contributed by atoms with Crippen LogP contribution in [0.2, 0.25) is 0 Å². The standard InChI is InChI=1S/C14H22O4/c1-11(2)10-14(8-4-3-5-9-14)18-13(17)7-6-12(15)16/h6-7,11H,3-5,8-10H2,1-2H3,(H,15,16)/b7-6+. The highest BCUT2D eigenvalue weighted by atomic mass is 16.6. The topological polar surface area (TPSA) is 63.6 Å². The molecule has 1 N–H and O–H groups in total. The highest BCUT2D eigenvalue weighted by molar-refractivity contribution is 5.90. The van der Waals surface area contributed by atoms with Crippen LogP contribution in [0.15, 0.2) is 12.2 Å². The second-order valence-corrected chi connectivity index (χ2v) is 5.43. The molecule has 4 nitrogen and oxygen atoms in total. The number of carbonyl (C=O) groups excluding carboxylic acids is 1. The zero-order chi connectivity index (χ0) is 13.6. The van der Waals surface area contributed by atoms with Crippen LogP contribution in [0.1, 0.15) is 52.4 Å². The van der Waals surface area contributed by atoms with Gasteiger partial charge in [0, 0.05) is 12.2 Å². The average Bonchev–Trinajstić information content (AvgIpc) is 2.26. The van der Waals surface area contributed by atoms with E-state index in [4.69, 9.17) is 9.84 Å². The molecule has 0 spiro atoms. The largest absolute Gasteiger partial charge is 0.478 e. The number of rotatable bonds is 5. The maximum Gasteiger partial charge on any atom is 0.331 e. The number of hydrogen-bond donors (Lipinski definition) is 1. The van der Waals surface area contributed by atoms with Crippen molar-refractivity contribution >= 4 is 11.9 Å². The minimum atomic E-state index is -1.13. The SMILES string of the molecule is CC(C)CC1(OC(=O)/C=C/C(=O)O)CCCCC1. The molecule has 102 valence electrons. The molecule has 1 saturated carbocycles. The summed E-state index contributed by atoms with van der Waals surface area (Å²) in [4.78, 5) is 22.0. The number of esters is 1. The molecule has 1 rings (SSSR count). The minimum Gasteiger partial charge on any atom is -0.478 e. The van der Waals surface area contributed by atoms with Gasteiger partial charge in [-0.1, -0.05) is 20.3 Å². The first-order valence-corrected chi connectivity index (χ1v) is 6.57. The van der Waals surface area contributed by atoms with E-state index in [0.29, 0.717) is 5.92 Å². The van der Waals surface area contributed by atoms with Gasteiger partial charge in [0.25, 0.3) is 0 Å². The smallest absolute Gasteiger partial charge is 0.331 e. The zero-order valence-electron chi connectivity index (χ0n) is 11.1. The molecule has 0 bridgehead atoms. The van der Waals surface area contributed by atoms with E-state index in [1.807, 2.05) is 0 Å². The number of ether oxygens (including phenoxy) is 1. The molecule has 0 amide bonds. The Morgan fingerprint density at radius 2 is 1.83 bits per heavy atom. The van der Waals surface area contributed by atoms with Gasteiger partial charge >= 0.3 is 11.9 Å². The number of carboxylic acids is 1. The Labute approximate surface area is 108 Å². The van der Waals surface area contributed by atoms with Gasteiger partial charge in [-0.3, -0.25) is 0 Å². The van der Waals surface area contributed by atoms with E-state index in [1.165, 1.54) is 6.42 Å². The molecular formula is C14H22O4. The van der Waals surface area contributed by atoms with Crippen molar-refractivity contribution in [2.75, 3.05) is 0 Å². The van der Waals surface area contributed by atoms with Crippen molar-refractivity contribution in [3.63, 3.8) is 0 Å². The number of carboxylic acid groups (broad SMARTS) is 1. The third-order valence-corrected chi connectivity index (χ3v) is 3.22. The van der Waals surface area contributed by atoms with Crippen LogP contribution in [-0.4, -0.2) is 22.6 Å². The first kappa shape index (κ1) is 14.7. The van der Waals surface area contributed by atoms with Gasteiger partial charge in [0.05, 0.1) is 0 Å². The van der Waals surface area contributed by atoms with Gasteiger partial charge < -0.3 is 9.84 Å². The predicted molar refractivity (Wildman–Crippen MR) is 68.1 cm³/mol. The van der Waals surface area contributed by atoms with Gasteiger partial charge in [0.1, 0.15) is 5.60 Å². The van der Waals surface area contributed by atoms with Crippen LogP contribution in [0.5, 0.6) is 0 Å². The lowest BCUT2D eigenvalue weighted by atomic mass is 9.79. The van der Waals surface area contributed by atoms with E-state index in [9.17, 15) is 9.59 Å². The van der Waals surface area contributed by atoms with Crippen molar-refractivity contribution in [2.24, 2.45) is 5.92 Å². The van der Waals surface area contributed by atoms with Crippen LogP contribution >= 0.6 is 0 Å². The molecule has 0 aromatic rings. The maximum absolute atomic E-state index is 11.6. The van der Waals surface area contributed by atoms with Crippen molar-refractivity contribution in [1.29, 1.82) is 0 Å². The second kappa shape index (κ2) is 6.57. The first-order chi connectivity index (χ1) is 8.43. The van der Waals surface area contributed by atoms with Crippen LogP contribution in [0.3, 0.4) is 0 Å². The van der Waals surface area contributed by atoms with Crippen LogP contribution in [0.25, 0.3) is 0 Å². The molecule has 0 atom stereocenters. The van der Waals surface area contributed by atoms with E-state index in [-0.39, 0.29) is 5.60 Å². The van der Waals surface area contributed by atoms with Crippen LogP contribution in [0, 0.1) is 5.92 Å². The highest BCUT2D eigenvalue weighted by Crippen LogP contribution is 2.36. The molecule has 1 fully saturated rings. The van der Waals surface area contributed by atoms with Crippen molar-refractivity contribution < 1.29 is 19.4 Å². The summed E-state index contributed by atoms with van der Waals surface area (Å²) in [6, 6.07) is 0. The van der Waals surface area contributed by atoms with Gasteiger partial charge in [-0.25, -0.2) is 9.59 Å². The molecule has 1 aliphatic carbocycles. The van der Waals surface area contributed by atoms with Crippen LogP contribution in [-0.2, 0) is 14.3 Å². The summed E-state index contributed by atoms with van der Waals surface area (Å²) in [7, 11) is 0. The second-order valence-electron chi connectivity index (χ2n) is 5.43. The van der Waals surface area contributed by atoms with Crippen LogP contribution < -0.4 is 0 Å². The van der Waals surface area contributed by atoms with Crippen molar-refractivity contribution in [3.05, 3.63) is 12.2 Å². The molecule has 0 unspecified atom stereocenters. The van der Waals surface area contributed by atoms with Gasteiger partial charge in [-0.2, -0.15) is 0 Å². The fourth-order valence-electron chi connectivity index (χ4n) is 2.67. The summed E-state index contributed by atoms with van der Waals surface area (Å²) in [6.45, 7) is 4.22. The summed E-state index contributed by atoms with van der Waals surface area (Å²) in [5.74, 6) is -1.21. The Hall–Kier alpha value is -1.32. The summed E-state index contributed by atoms with van der Waals surface area (Å²) in [5.41, 5.74) is -0.383. The van der Waals surface area contributed by atoms with E-state index >= 15 is 0 Å². The lowest BCUT2D eigenvalue weighted by Crippen LogP contribution is -2.38. The van der Waals surface area contributed by atoms with E-state index in [0.717, 1.165) is 44.3 Å². The Morgan fingerprint density at radius 1 is 1.22 bits per heavy atom. The lowest BCUT2D eigenvalue weighted by molar-refractivity contribution is -0.159. The molecule has 0 aromatic carbocycles. The monoisotopic (exact) mass is 254 g/mol. The zero-order valence-corrected chi connectivity index (χ0v) is 11.1. The normalized spacial score (nSPS) is 19.1. The van der Waals surface area contributed by atoms with Crippen LogP contribution in [0.4, 0.5) is 0 Å². The van der Waals surface area contributed by atoms with E-state index < -0.39 is 11.9 Å². The summed E-state index contributed by atoms with van der Waals surface area (Å²) < 4.78 is 5.55. The van der Waals surface area contributed by atoms with Gasteiger partial charge in [0.15, 0.2) is 0 Å². The first-order valence-electron chi connectivity index (χ1n) is 6.57. The molecule has 0 radical (unpaired) electrons. The molecule has 0 saturated heterocycles. The molecule has 0 aliphatic heterocycles. The van der Waals surface area contributed by atoms with Gasteiger partial charge in [-0.15, -0.1) is 0 Å². The quantitative estimate of drug-likeness (QED) is 0.605. The fourth-order valence-corrected chi connectivity index (χ4v) is 2.67. The van der Waals surface area contributed by atoms with E-state index in [2.05, 4.69) is 13.8 Å². The summed E-state index contributed by atoms with van der Waals surface area (Å²) in [5, 5.41) is 8.48. The molecule has 4 heteroatoms. The van der Waals surface area contributed by atoms with Crippen molar-refractivity contribution in [3.8, 4) is 0 Å². The Bertz CT molecular complexity index is 325. The molecule has 0 heterocycles. The Kier molecular flexibility index (Phi) is 5.38. The maximum atomic E-state index is 11.6. The molecule has 1 aliphatic rings. The predicted octanol–water partition coefficient (Wildman–Crippen LogP) is 2.92. The van der Waals surface area contributed by atoms with Crippen molar-refractivity contribution in [2.45, 2.75) is 58.0 Å². The Balaban J connectivity index is 2.66. The van der Waals surface area contributed by atoms with Gasteiger partial charge in [-0.05, 0) is 38.0 Å². The molecule has 0 aromatic heterocycles. The molecule has 18 heavy (non-hydrogen) atoms. The number of hydrogen-bond acceptors (Lipinski definition) is 3. The lowest BCUT2D eigenvalue weighted by Gasteiger charge is -2.37. The summed E-state index contributed by atoms with van der Waals surface area (Å²) in [6.07, 6.45) is 7.77. The fraction of sp³-hybridized carbons (Fsp3) is 0.714. The van der Waals surface area contributed by atoms with Gasteiger partial charge in [0.2, 0.25) is 0 Å². The third kappa shape index (κ3) is 4.90.